The molecule has 0 saturated carbocycles. The van der Waals surface area contributed by atoms with Gasteiger partial charge in [0.15, 0.2) is 0 Å². The van der Waals surface area contributed by atoms with Crippen LogP contribution in [0.1, 0.15) is 27.0 Å². The number of hydrogen-bond acceptors (Lipinski definition) is 1. The summed E-state index contributed by atoms with van der Waals surface area (Å²) in [6.45, 7) is 4.97. The highest BCUT2D eigenvalue weighted by atomic mass is 16.4. The molecule has 3 aromatic rings. The second kappa shape index (κ2) is 5.09. The minimum absolute atomic E-state index is 0.322. The van der Waals surface area contributed by atoms with Crippen molar-refractivity contribution in [2.45, 2.75) is 20.4 Å². The van der Waals surface area contributed by atoms with E-state index < -0.39 is 5.97 Å². The summed E-state index contributed by atoms with van der Waals surface area (Å²) in [6.07, 6.45) is 2.09. The SMILES string of the molecule is Cc1cc(C)c2c(ccn2Cc2ccc(C(=O)O)cc2)c1. The average Bonchev–Trinajstić information content (AvgIpc) is 2.82. The van der Waals surface area contributed by atoms with Gasteiger partial charge in [-0.25, -0.2) is 4.79 Å². The number of rotatable bonds is 3. The smallest absolute Gasteiger partial charge is 0.335 e. The van der Waals surface area contributed by atoms with E-state index in [2.05, 4.69) is 42.8 Å². The van der Waals surface area contributed by atoms with Crippen LogP contribution < -0.4 is 0 Å². The molecule has 0 atom stereocenters. The highest BCUT2D eigenvalue weighted by Crippen LogP contribution is 2.23. The molecular formula is C18H17NO2. The van der Waals surface area contributed by atoms with E-state index in [1.807, 2.05) is 12.1 Å². The summed E-state index contributed by atoms with van der Waals surface area (Å²) >= 11 is 0. The number of fused-ring (bicyclic) bond motifs is 1. The Bertz CT molecular complexity index is 813. The van der Waals surface area contributed by atoms with Crippen molar-refractivity contribution >= 4 is 16.9 Å². The Morgan fingerprint density at radius 2 is 1.81 bits per heavy atom. The molecule has 1 heterocycles. The normalized spacial score (nSPS) is 11.0. The molecule has 1 aromatic heterocycles. The maximum Gasteiger partial charge on any atom is 0.335 e. The van der Waals surface area contributed by atoms with Crippen LogP contribution in [-0.2, 0) is 6.54 Å². The predicted molar refractivity (Wildman–Crippen MR) is 83.9 cm³/mol. The molecular weight excluding hydrogens is 262 g/mol. The van der Waals surface area contributed by atoms with E-state index in [4.69, 9.17) is 5.11 Å². The third-order valence-corrected chi connectivity index (χ3v) is 3.75. The summed E-state index contributed by atoms with van der Waals surface area (Å²) in [6, 6.07) is 13.6. The molecule has 0 fully saturated rings. The lowest BCUT2D eigenvalue weighted by atomic mass is 10.1. The van der Waals surface area contributed by atoms with Gasteiger partial charge in [0, 0.05) is 18.1 Å². The number of carbonyl (C=O) groups is 1. The van der Waals surface area contributed by atoms with Gasteiger partial charge in [0.2, 0.25) is 0 Å². The number of carboxylic acid groups (broad SMARTS) is 1. The lowest BCUT2D eigenvalue weighted by Crippen LogP contribution is -2.01. The van der Waals surface area contributed by atoms with Crippen molar-refractivity contribution in [3.63, 3.8) is 0 Å². The number of aryl methyl sites for hydroxylation is 2. The third-order valence-electron chi connectivity index (χ3n) is 3.75. The van der Waals surface area contributed by atoms with E-state index in [1.165, 1.54) is 22.0 Å². The Labute approximate surface area is 123 Å². The molecule has 0 radical (unpaired) electrons. The lowest BCUT2D eigenvalue weighted by Gasteiger charge is -2.09. The first-order valence-electron chi connectivity index (χ1n) is 6.93. The third kappa shape index (κ3) is 2.55. The zero-order valence-electron chi connectivity index (χ0n) is 12.1. The van der Waals surface area contributed by atoms with E-state index >= 15 is 0 Å². The number of aromatic nitrogens is 1. The van der Waals surface area contributed by atoms with Crippen LogP contribution in [0.15, 0.2) is 48.7 Å². The summed E-state index contributed by atoms with van der Waals surface area (Å²) in [5.74, 6) is -0.890. The van der Waals surface area contributed by atoms with Gasteiger partial charge in [-0.15, -0.1) is 0 Å². The maximum atomic E-state index is 10.9. The molecule has 21 heavy (non-hydrogen) atoms. The monoisotopic (exact) mass is 279 g/mol. The summed E-state index contributed by atoms with van der Waals surface area (Å²) < 4.78 is 2.21. The van der Waals surface area contributed by atoms with Crippen molar-refractivity contribution in [2.75, 3.05) is 0 Å². The average molecular weight is 279 g/mol. The van der Waals surface area contributed by atoms with Crippen LogP contribution in [-0.4, -0.2) is 15.6 Å². The predicted octanol–water partition coefficient (Wildman–Crippen LogP) is 4.00. The van der Waals surface area contributed by atoms with Crippen molar-refractivity contribution < 1.29 is 9.90 Å². The number of nitrogens with zero attached hydrogens (tertiary/aromatic N) is 1. The second-order valence-corrected chi connectivity index (χ2v) is 5.47. The van der Waals surface area contributed by atoms with Gasteiger partial charge in [-0.05, 0) is 49.2 Å². The first-order valence-corrected chi connectivity index (χ1v) is 6.93. The first-order chi connectivity index (χ1) is 10.0. The van der Waals surface area contributed by atoms with Crippen molar-refractivity contribution in [1.82, 2.24) is 4.57 Å². The van der Waals surface area contributed by atoms with Gasteiger partial charge in [0.05, 0.1) is 11.1 Å². The van der Waals surface area contributed by atoms with E-state index in [9.17, 15) is 4.79 Å². The quantitative estimate of drug-likeness (QED) is 0.787. The standard InChI is InChI=1S/C18H17NO2/c1-12-9-13(2)17-16(10-12)7-8-19(17)11-14-3-5-15(6-4-14)18(20)21/h3-10H,11H2,1-2H3,(H,20,21). The molecule has 0 aliphatic heterocycles. The molecule has 0 aliphatic rings. The van der Waals surface area contributed by atoms with Crippen LogP contribution in [0.5, 0.6) is 0 Å². The van der Waals surface area contributed by atoms with E-state index in [0.29, 0.717) is 5.56 Å². The fourth-order valence-electron chi connectivity index (χ4n) is 2.84. The van der Waals surface area contributed by atoms with Crippen molar-refractivity contribution in [3.05, 3.63) is 70.9 Å². The van der Waals surface area contributed by atoms with Crippen LogP contribution in [0.3, 0.4) is 0 Å². The second-order valence-electron chi connectivity index (χ2n) is 5.47. The Balaban J connectivity index is 1.96. The van der Waals surface area contributed by atoms with Crippen molar-refractivity contribution in [3.8, 4) is 0 Å². The molecule has 0 saturated heterocycles. The maximum absolute atomic E-state index is 10.9. The molecule has 3 nitrogen and oxygen atoms in total. The Morgan fingerprint density at radius 1 is 1.10 bits per heavy atom. The number of benzene rings is 2. The first kappa shape index (κ1) is 13.4. The molecule has 106 valence electrons. The highest BCUT2D eigenvalue weighted by Gasteiger charge is 2.07. The number of carboxylic acids is 1. The highest BCUT2D eigenvalue weighted by molar-refractivity contribution is 5.87. The van der Waals surface area contributed by atoms with Crippen LogP contribution >= 0.6 is 0 Å². The van der Waals surface area contributed by atoms with Gasteiger partial charge in [0.25, 0.3) is 0 Å². The van der Waals surface area contributed by atoms with Crippen LogP contribution in [0.2, 0.25) is 0 Å². The molecule has 1 N–H and O–H groups in total. The molecule has 0 bridgehead atoms. The largest absolute Gasteiger partial charge is 0.478 e. The summed E-state index contributed by atoms with van der Waals surface area (Å²) in [5, 5.41) is 10.2. The number of hydrogen-bond donors (Lipinski definition) is 1. The van der Waals surface area contributed by atoms with Gasteiger partial charge >= 0.3 is 5.97 Å². The summed E-state index contributed by atoms with van der Waals surface area (Å²) in [7, 11) is 0. The van der Waals surface area contributed by atoms with Crippen molar-refractivity contribution in [2.24, 2.45) is 0 Å². The Morgan fingerprint density at radius 3 is 2.48 bits per heavy atom. The van der Waals surface area contributed by atoms with E-state index in [-0.39, 0.29) is 0 Å². The van der Waals surface area contributed by atoms with Crippen LogP contribution in [0.25, 0.3) is 10.9 Å². The molecule has 0 unspecified atom stereocenters. The minimum atomic E-state index is -0.890. The number of aromatic carboxylic acids is 1. The van der Waals surface area contributed by atoms with E-state index in [1.54, 1.807) is 12.1 Å². The van der Waals surface area contributed by atoms with Gasteiger partial charge in [-0.2, -0.15) is 0 Å². The zero-order chi connectivity index (χ0) is 15.0. The van der Waals surface area contributed by atoms with Gasteiger partial charge < -0.3 is 9.67 Å². The summed E-state index contributed by atoms with van der Waals surface area (Å²) in [4.78, 5) is 10.9. The molecule has 2 aromatic carbocycles. The minimum Gasteiger partial charge on any atom is -0.478 e. The molecule has 3 heteroatoms. The molecule has 3 rings (SSSR count). The zero-order valence-corrected chi connectivity index (χ0v) is 12.1. The Kier molecular flexibility index (Phi) is 3.26. The molecule has 0 amide bonds. The van der Waals surface area contributed by atoms with E-state index in [0.717, 1.165) is 12.1 Å². The van der Waals surface area contributed by atoms with Gasteiger partial charge in [0.1, 0.15) is 0 Å². The lowest BCUT2D eigenvalue weighted by molar-refractivity contribution is 0.0697. The fourth-order valence-corrected chi connectivity index (χ4v) is 2.84. The fraction of sp³-hybridized carbons (Fsp3) is 0.167. The molecule has 0 spiro atoms. The van der Waals surface area contributed by atoms with Gasteiger partial charge in [-0.3, -0.25) is 0 Å². The topological polar surface area (TPSA) is 42.2 Å². The Hall–Kier alpha value is -2.55. The van der Waals surface area contributed by atoms with Crippen LogP contribution in [0, 0.1) is 13.8 Å². The van der Waals surface area contributed by atoms with Gasteiger partial charge in [-0.1, -0.05) is 23.8 Å². The summed E-state index contributed by atoms with van der Waals surface area (Å²) in [5.41, 5.74) is 5.18. The van der Waals surface area contributed by atoms with Crippen LogP contribution in [0.4, 0.5) is 0 Å². The molecule has 0 aliphatic carbocycles. The van der Waals surface area contributed by atoms with Crippen molar-refractivity contribution in [1.29, 1.82) is 0 Å².